The molecule has 222 valence electrons. The van der Waals surface area contributed by atoms with E-state index in [2.05, 4.69) is 41.1 Å². The number of carbonyl (C=O) groups is 2. The first-order chi connectivity index (χ1) is 21.3. The van der Waals surface area contributed by atoms with Crippen LogP contribution in [0, 0.1) is 5.82 Å². The van der Waals surface area contributed by atoms with Crippen LogP contribution < -0.4 is 16.2 Å². The fourth-order valence-electron chi connectivity index (χ4n) is 4.37. The van der Waals surface area contributed by atoms with Crippen molar-refractivity contribution in [3.63, 3.8) is 0 Å². The van der Waals surface area contributed by atoms with Gasteiger partial charge in [-0.1, -0.05) is 35.9 Å². The Morgan fingerprint density at radius 2 is 1.93 bits per heavy atom. The number of aromatic nitrogens is 6. The molecule has 12 nitrogen and oxygen atoms in total. The number of H-pyrrole nitrogens is 1. The maximum Gasteiger partial charge on any atom is 0.411 e. The zero-order chi connectivity index (χ0) is 31.1. The van der Waals surface area contributed by atoms with Gasteiger partial charge in [0.2, 0.25) is 5.91 Å². The molecule has 1 atom stereocenters. The Morgan fingerprint density at radius 1 is 1.11 bits per heavy atom. The van der Waals surface area contributed by atoms with Crippen molar-refractivity contribution in [2.24, 2.45) is 0 Å². The molecule has 14 heteroatoms. The van der Waals surface area contributed by atoms with Gasteiger partial charge in [-0.2, -0.15) is 9.78 Å². The largest absolute Gasteiger partial charge is 0.453 e. The summed E-state index contributed by atoms with van der Waals surface area (Å²) in [5.74, 6) is -0.916. The van der Waals surface area contributed by atoms with Crippen molar-refractivity contribution in [1.29, 1.82) is 0 Å². The highest BCUT2D eigenvalue weighted by Crippen LogP contribution is 2.24. The first kappa shape index (κ1) is 29.8. The summed E-state index contributed by atoms with van der Waals surface area (Å²) in [7, 11) is 1.25. The van der Waals surface area contributed by atoms with Gasteiger partial charge < -0.3 is 10.1 Å². The predicted molar refractivity (Wildman–Crippen MR) is 161 cm³/mol. The zero-order valence-electron chi connectivity index (χ0n) is 23.1. The molecule has 0 aliphatic heterocycles. The standard InChI is InChI=1S/C30H24ClFN8O4/c1-44-30(43)34-23-9-5-19(6-10-23)24-16-26(36-37-29(24)42)25(14-18-3-2-4-22(32)13-18)35-28(41)12-7-20-15-21(31)8-11-27(20)40-17-33-38-39-40/h2-13,15-17,25H,14H2,1H3,(H,34,43)(H,35,41)(H,37,42)/b12-7+. The van der Waals surface area contributed by atoms with Crippen LogP contribution >= 0.6 is 11.6 Å². The molecule has 0 radical (unpaired) electrons. The third-order valence-corrected chi connectivity index (χ3v) is 6.69. The van der Waals surface area contributed by atoms with Crippen LogP contribution in [-0.2, 0) is 16.0 Å². The number of tetrazole rings is 1. The number of nitrogens with one attached hydrogen (secondary N) is 3. The van der Waals surface area contributed by atoms with Crippen molar-refractivity contribution in [1.82, 2.24) is 35.7 Å². The van der Waals surface area contributed by atoms with E-state index in [1.54, 1.807) is 66.7 Å². The summed E-state index contributed by atoms with van der Waals surface area (Å²) < 4.78 is 20.1. The van der Waals surface area contributed by atoms with E-state index in [9.17, 15) is 18.8 Å². The molecule has 2 aromatic heterocycles. The Bertz CT molecular complexity index is 1880. The molecule has 0 aliphatic carbocycles. The van der Waals surface area contributed by atoms with Gasteiger partial charge in [0.25, 0.3) is 5.56 Å². The lowest BCUT2D eigenvalue weighted by Crippen LogP contribution is -2.30. The molecule has 5 aromatic rings. The lowest BCUT2D eigenvalue weighted by atomic mass is 10.00. The summed E-state index contributed by atoms with van der Waals surface area (Å²) in [5, 5.41) is 23.8. The van der Waals surface area contributed by atoms with E-state index < -0.39 is 29.4 Å². The molecule has 0 saturated heterocycles. The van der Waals surface area contributed by atoms with Gasteiger partial charge in [0, 0.05) is 22.3 Å². The van der Waals surface area contributed by atoms with Gasteiger partial charge in [0.15, 0.2) is 0 Å². The Kier molecular flexibility index (Phi) is 9.16. The number of benzene rings is 3. The average molecular weight is 615 g/mol. The van der Waals surface area contributed by atoms with Crippen molar-refractivity contribution in [2.75, 3.05) is 12.4 Å². The first-order valence-corrected chi connectivity index (χ1v) is 13.5. The first-order valence-electron chi connectivity index (χ1n) is 13.1. The van der Waals surface area contributed by atoms with Gasteiger partial charge in [-0.3, -0.25) is 14.9 Å². The maximum atomic E-state index is 14.0. The molecule has 44 heavy (non-hydrogen) atoms. The highest BCUT2D eigenvalue weighted by molar-refractivity contribution is 6.30. The molecule has 2 amide bonds. The predicted octanol–water partition coefficient (Wildman–Crippen LogP) is 4.50. The van der Waals surface area contributed by atoms with Crippen LogP contribution in [0.5, 0.6) is 0 Å². The number of rotatable bonds is 9. The third-order valence-electron chi connectivity index (χ3n) is 6.45. The molecular weight excluding hydrogens is 591 g/mol. The van der Waals surface area contributed by atoms with E-state index in [0.717, 1.165) is 0 Å². The Hall–Kier alpha value is -5.69. The number of methoxy groups -OCH3 is 1. The van der Waals surface area contributed by atoms with E-state index in [4.69, 9.17) is 11.6 Å². The normalized spacial score (nSPS) is 11.7. The number of nitrogens with zero attached hydrogens (tertiary/aromatic N) is 5. The van der Waals surface area contributed by atoms with Crippen LogP contribution in [0.4, 0.5) is 14.9 Å². The van der Waals surface area contributed by atoms with Crippen molar-refractivity contribution in [3.8, 4) is 16.8 Å². The molecule has 0 bridgehead atoms. The van der Waals surface area contributed by atoms with Crippen LogP contribution in [0.2, 0.25) is 5.02 Å². The van der Waals surface area contributed by atoms with E-state index >= 15 is 0 Å². The van der Waals surface area contributed by atoms with E-state index in [0.29, 0.717) is 38.8 Å². The van der Waals surface area contributed by atoms with Crippen LogP contribution in [-0.4, -0.2) is 49.5 Å². The fraction of sp³-hybridized carbons (Fsp3) is 0.100. The lowest BCUT2D eigenvalue weighted by molar-refractivity contribution is -0.117. The molecule has 5 rings (SSSR count). The summed E-state index contributed by atoms with van der Waals surface area (Å²) in [6.45, 7) is 0. The topological polar surface area (TPSA) is 157 Å². The molecule has 0 fully saturated rings. The van der Waals surface area contributed by atoms with Crippen LogP contribution in [0.25, 0.3) is 22.9 Å². The number of hydrogen-bond acceptors (Lipinski definition) is 8. The van der Waals surface area contributed by atoms with Crippen LogP contribution in [0.1, 0.15) is 22.9 Å². The SMILES string of the molecule is COC(=O)Nc1ccc(-c2cc(C(Cc3cccc(F)c3)NC(=O)/C=C/c3cc(Cl)ccc3-n3cnnn3)n[nH]c2=O)cc1. The van der Waals surface area contributed by atoms with Crippen molar-refractivity contribution < 1.29 is 18.7 Å². The van der Waals surface area contributed by atoms with E-state index in [1.807, 2.05) is 0 Å². The average Bonchev–Trinajstić information content (AvgIpc) is 3.55. The number of anilines is 1. The van der Waals surface area contributed by atoms with Gasteiger partial charge in [-0.25, -0.2) is 14.3 Å². The highest BCUT2D eigenvalue weighted by atomic mass is 35.5. The monoisotopic (exact) mass is 614 g/mol. The van der Waals surface area contributed by atoms with Crippen molar-refractivity contribution in [2.45, 2.75) is 12.5 Å². The summed E-state index contributed by atoms with van der Waals surface area (Å²) in [4.78, 5) is 37.5. The molecule has 1 unspecified atom stereocenters. The molecule has 0 spiro atoms. The van der Waals surface area contributed by atoms with Gasteiger partial charge in [-0.05, 0) is 82.6 Å². The second kappa shape index (κ2) is 13.5. The highest BCUT2D eigenvalue weighted by Gasteiger charge is 2.19. The number of ether oxygens (including phenoxy) is 1. The summed E-state index contributed by atoms with van der Waals surface area (Å²) >= 11 is 6.19. The maximum absolute atomic E-state index is 14.0. The molecule has 2 heterocycles. The number of hydrogen-bond donors (Lipinski definition) is 3. The minimum atomic E-state index is -0.761. The molecule has 3 N–H and O–H groups in total. The molecular formula is C30H24ClFN8O4. The number of amides is 2. The molecule has 3 aromatic carbocycles. The number of aromatic amines is 1. The molecule has 0 saturated carbocycles. The minimum absolute atomic E-state index is 0.171. The van der Waals surface area contributed by atoms with Gasteiger partial charge in [0.1, 0.15) is 12.1 Å². The zero-order valence-corrected chi connectivity index (χ0v) is 23.8. The fourth-order valence-corrected chi connectivity index (χ4v) is 4.55. The van der Waals surface area contributed by atoms with Crippen LogP contribution in [0.15, 0.2) is 90.0 Å². The Morgan fingerprint density at radius 3 is 2.66 bits per heavy atom. The minimum Gasteiger partial charge on any atom is -0.453 e. The van der Waals surface area contributed by atoms with E-state index in [1.165, 1.54) is 36.3 Å². The van der Waals surface area contributed by atoms with Crippen molar-refractivity contribution >= 4 is 35.4 Å². The third kappa shape index (κ3) is 7.38. The smallest absolute Gasteiger partial charge is 0.411 e. The van der Waals surface area contributed by atoms with Gasteiger partial charge in [-0.15, -0.1) is 5.10 Å². The second-order valence-corrected chi connectivity index (χ2v) is 9.85. The quantitative estimate of drug-likeness (QED) is 0.205. The summed E-state index contributed by atoms with van der Waals surface area (Å²) in [5.41, 5.74) is 2.93. The number of halogens is 2. The number of carbonyl (C=O) groups excluding carboxylic acids is 2. The Balaban J connectivity index is 1.44. The van der Waals surface area contributed by atoms with Gasteiger partial charge >= 0.3 is 6.09 Å². The molecule has 0 aliphatic rings. The Labute approximate surface area is 254 Å². The van der Waals surface area contributed by atoms with E-state index in [-0.39, 0.29) is 12.0 Å². The van der Waals surface area contributed by atoms with Gasteiger partial charge in [0.05, 0.1) is 30.1 Å². The summed E-state index contributed by atoms with van der Waals surface area (Å²) in [6, 6.07) is 18.3. The second-order valence-electron chi connectivity index (χ2n) is 9.42. The van der Waals surface area contributed by atoms with Crippen LogP contribution in [0.3, 0.4) is 0 Å². The lowest BCUT2D eigenvalue weighted by Gasteiger charge is -2.18. The van der Waals surface area contributed by atoms with Crippen molar-refractivity contribution in [3.05, 3.63) is 123 Å². The summed E-state index contributed by atoms with van der Waals surface area (Å²) in [6.07, 6.45) is 3.84.